The molecule has 3 amide bonds. The number of imide groups is 1. The van der Waals surface area contributed by atoms with Crippen LogP contribution in [0.2, 0.25) is 0 Å². The van der Waals surface area contributed by atoms with Gasteiger partial charge in [0.05, 0.1) is 18.3 Å². The summed E-state index contributed by atoms with van der Waals surface area (Å²) in [5.41, 5.74) is 1.06. The predicted octanol–water partition coefficient (Wildman–Crippen LogP) is 5.28. The maximum Gasteiger partial charge on any atom is 0.327 e. The number of carbonyl (C=O) groups is 2. The van der Waals surface area contributed by atoms with Crippen LogP contribution in [0.4, 0.5) is 4.79 Å². The van der Waals surface area contributed by atoms with Crippen molar-refractivity contribution in [3.63, 3.8) is 0 Å². The summed E-state index contributed by atoms with van der Waals surface area (Å²) in [4.78, 5) is 29.6. The average molecular weight is 532 g/mol. The molecule has 2 saturated heterocycles. The maximum atomic E-state index is 13.6. The van der Waals surface area contributed by atoms with Gasteiger partial charge < -0.3 is 4.90 Å². The van der Waals surface area contributed by atoms with E-state index in [2.05, 4.69) is 25.7 Å². The zero-order valence-electron chi connectivity index (χ0n) is 23.3. The van der Waals surface area contributed by atoms with Gasteiger partial charge in [0.25, 0.3) is 0 Å². The molecule has 3 rings (SSSR count). The molecule has 0 saturated carbocycles. The fraction of sp³-hybridized carbons (Fsp3) is 0.586. The van der Waals surface area contributed by atoms with Crippen molar-refractivity contribution in [2.75, 3.05) is 26.4 Å². The monoisotopic (exact) mass is 531 g/mol. The number of hydrogen-bond donors (Lipinski definition) is 0. The Balaban J connectivity index is 0.000000877. The van der Waals surface area contributed by atoms with Crippen molar-refractivity contribution in [1.82, 2.24) is 14.1 Å². The van der Waals surface area contributed by atoms with Gasteiger partial charge in [-0.2, -0.15) is 0 Å². The smallest absolute Gasteiger partial charge is 0.323 e. The Morgan fingerprint density at radius 1 is 1.19 bits per heavy atom. The standard InChI is InChI=1S/C24H35N3O4S.C5H10/c1-6-17(2)23-18(3)25(4)24(29)27(23)22(28)16-21(19-10-8-7-9-11-19)20-12-14-26(15-13-20)32(5,30)31;1-3-5-4-2/h6-11,17-18,20-21,23H,1,12-16H2,2-5H3;3,5H,4H2,1-2H3/b;5-3-. The Hall–Kier alpha value is -2.45. The van der Waals surface area contributed by atoms with Crippen molar-refractivity contribution in [3.8, 4) is 0 Å². The largest absolute Gasteiger partial charge is 0.327 e. The van der Waals surface area contributed by atoms with Crippen LogP contribution < -0.4 is 0 Å². The molecule has 0 aromatic heterocycles. The van der Waals surface area contributed by atoms with Gasteiger partial charge in [0.15, 0.2) is 0 Å². The molecule has 2 heterocycles. The lowest BCUT2D eigenvalue weighted by Gasteiger charge is -2.36. The van der Waals surface area contributed by atoms with Crippen LogP contribution in [0.5, 0.6) is 0 Å². The summed E-state index contributed by atoms with van der Waals surface area (Å²) in [6.45, 7) is 12.9. The van der Waals surface area contributed by atoms with Gasteiger partial charge in [0, 0.05) is 26.6 Å². The number of piperidine rings is 1. The molecule has 2 fully saturated rings. The van der Waals surface area contributed by atoms with Gasteiger partial charge in [-0.15, -0.1) is 6.58 Å². The summed E-state index contributed by atoms with van der Waals surface area (Å²) in [6, 6.07) is 9.29. The normalized spacial score (nSPS) is 23.0. The zero-order valence-corrected chi connectivity index (χ0v) is 24.2. The first-order valence-electron chi connectivity index (χ1n) is 13.3. The molecule has 2 aliphatic rings. The Morgan fingerprint density at radius 3 is 2.24 bits per heavy atom. The number of hydrogen-bond acceptors (Lipinski definition) is 4. The number of amides is 3. The van der Waals surface area contributed by atoms with E-state index >= 15 is 0 Å². The first kappa shape index (κ1) is 30.8. The first-order chi connectivity index (χ1) is 17.5. The Bertz CT molecular complexity index is 1030. The highest BCUT2D eigenvalue weighted by atomic mass is 32.2. The van der Waals surface area contributed by atoms with Gasteiger partial charge in [0.1, 0.15) is 0 Å². The van der Waals surface area contributed by atoms with Gasteiger partial charge in [-0.25, -0.2) is 17.5 Å². The van der Waals surface area contributed by atoms with E-state index in [-0.39, 0.29) is 48.2 Å². The van der Waals surface area contributed by atoms with Crippen LogP contribution in [-0.2, 0) is 14.8 Å². The summed E-state index contributed by atoms with van der Waals surface area (Å²) in [7, 11) is -1.48. The number of allylic oxidation sites excluding steroid dienone is 2. The molecule has 0 spiro atoms. The van der Waals surface area contributed by atoms with E-state index in [9.17, 15) is 18.0 Å². The number of sulfonamides is 1. The van der Waals surface area contributed by atoms with Crippen molar-refractivity contribution in [3.05, 3.63) is 60.7 Å². The summed E-state index contributed by atoms with van der Waals surface area (Å²) in [5, 5.41) is 0. The van der Waals surface area contributed by atoms with Crippen LogP contribution in [0.15, 0.2) is 55.1 Å². The number of urea groups is 1. The molecule has 0 bridgehead atoms. The van der Waals surface area contributed by atoms with Gasteiger partial charge in [-0.3, -0.25) is 9.69 Å². The van der Waals surface area contributed by atoms with Crippen molar-refractivity contribution < 1.29 is 18.0 Å². The van der Waals surface area contributed by atoms with Crippen molar-refractivity contribution in [1.29, 1.82) is 0 Å². The average Bonchev–Trinajstić information content (AvgIpc) is 3.11. The van der Waals surface area contributed by atoms with Crippen molar-refractivity contribution >= 4 is 22.0 Å². The molecule has 4 unspecified atom stereocenters. The molecule has 37 heavy (non-hydrogen) atoms. The molecule has 0 radical (unpaired) electrons. The minimum absolute atomic E-state index is 0.0176. The van der Waals surface area contributed by atoms with Crippen LogP contribution in [0.25, 0.3) is 0 Å². The number of likely N-dealkylation sites (N-methyl/N-ethyl adjacent to an activating group) is 1. The van der Waals surface area contributed by atoms with E-state index < -0.39 is 10.0 Å². The van der Waals surface area contributed by atoms with E-state index in [0.717, 1.165) is 12.0 Å². The fourth-order valence-corrected chi connectivity index (χ4v) is 6.27. The molecular formula is C29H45N3O4S. The molecule has 8 heteroatoms. The Labute approximate surface area is 224 Å². The van der Waals surface area contributed by atoms with Gasteiger partial charge >= 0.3 is 6.03 Å². The molecule has 4 atom stereocenters. The summed E-state index contributed by atoms with van der Waals surface area (Å²) in [6.07, 6.45) is 9.98. The van der Waals surface area contributed by atoms with E-state index in [4.69, 9.17) is 0 Å². The number of rotatable bonds is 8. The SMILES string of the molecule is C/C=C\CC.C=CC(C)C1C(C)N(C)C(=O)N1C(=O)CC(c1ccccc1)C1CCN(S(C)(=O)=O)CC1. The Kier molecular flexibility index (Phi) is 11.6. The number of benzene rings is 1. The highest BCUT2D eigenvalue weighted by Crippen LogP contribution is 2.38. The molecule has 7 nitrogen and oxygen atoms in total. The van der Waals surface area contributed by atoms with Crippen LogP contribution >= 0.6 is 0 Å². The lowest BCUT2D eigenvalue weighted by Crippen LogP contribution is -2.45. The quantitative estimate of drug-likeness (QED) is 0.428. The molecule has 1 aromatic carbocycles. The van der Waals surface area contributed by atoms with E-state index in [1.54, 1.807) is 18.0 Å². The molecular weight excluding hydrogens is 486 g/mol. The second kappa shape index (κ2) is 13.9. The van der Waals surface area contributed by atoms with Gasteiger partial charge in [-0.1, -0.05) is 62.4 Å². The van der Waals surface area contributed by atoms with Crippen molar-refractivity contribution in [2.24, 2.45) is 11.8 Å². The number of carbonyl (C=O) groups excluding carboxylic acids is 2. The molecule has 0 N–H and O–H groups in total. The zero-order chi connectivity index (χ0) is 27.8. The van der Waals surface area contributed by atoms with E-state index in [1.807, 2.05) is 51.1 Å². The molecule has 2 aliphatic heterocycles. The molecule has 1 aromatic rings. The van der Waals surface area contributed by atoms with E-state index in [1.165, 1.54) is 15.5 Å². The lowest BCUT2D eigenvalue weighted by atomic mass is 9.78. The lowest BCUT2D eigenvalue weighted by molar-refractivity contribution is -0.130. The highest BCUT2D eigenvalue weighted by Gasteiger charge is 2.47. The summed E-state index contributed by atoms with van der Waals surface area (Å²) < 4.78 is 25.4. The second-order valence-corrected chi connectivity index (χ2v) is 12.2. The van der Waals surface area contributed by atoms with Crippen molar-refractivity contribution in [2.45, 2.75) is 71.4 Å². The van der Waals surface area contributed by atoms with Gasteiger partial charge in [-0.05, 0) is 56.4 Å². The maximum absolute atomic E-state index is 13.6. The number of nitrogens with zero attached hydrogens (tertiary/aromatic N) is 3. The highest BCUT2D eigenvalue weighted by molar-refractivity contribution is 7.88. The second-order valence-electron chi connectivity index (χ2n) is 10.2. The molecule has 0 aliphatic carbocycles. The first-order valence-corrected chi connectivity index (χ1v) is 15.1. The van der Waals surface area contributed by atoms with Crippen LogP contribution in [-0.4, -0.2) is 72.9 Å². The van der Waals surface area contributed by atoms with Crippen LogP contribution in [0, 0.1) is 11.8 Å². The minimum atomic E-state index is -3.22. The third kappa shape index (κ3) is 7.77. The van der Waals surface area contributed by atoms with Gasteiger partial charge in [0.2, 0.25) is 15.9 Å². The summed E-state index contributed by atoms with van der Waals surface area (Å²) in [5.74, 6) is -0.0954. The third-order valence-corrected chi connectivity index (χ3v) is 9.02. The predicted molar refractivity (Wildman–Crippen MR) is 151 cm³/mol. The topological polar surface area (TPSA) is 78.0 Å². The fourth-order valence-electron chi connectivity index (χ4n) is 5.39. The van der Waals surface area contributed by atoms with Crippen LogP contribution in [0.1, 0.15) is 64.9 Å². The minimum Gasteiger partial charge on any atom is -0.323 e. The van der Waals surface area contributed by atoms with Crippen LogP contribution in [0.3, 0.4) is 0 Å². The summed E-state index contributed by atoms with van der Waals surface area (Å²) >= 11 is 0. The third-order valence-electron chi connectivity index (χ3n) is 7.72. The molecule has 206 valence electrons. The van der Waals surface area contributed by atoms with E-state index in [0.29, 0.717) is 25.9 Å². The Morgan fingerprint density at radius 2 is 1.78 bits per heavy atom.